The van der Waals surface area contributed by atoms with Gasteiger partial charge in [-0.25, -0.2) is 9.97 Å². The molecule has 0 saturated carbocycles. The molecule has 0 amide bonds. The van der Waals surface area contributed by atoms with Gasteiger partial charge in [-0.15, -0.1) is 0 Å². The summed E-state index contributed by atoms with van der Waals surface area (Å²) in [7, 11) is 4.15. The third-order valence-electron chi connectivity index (χ3n) is 3.24. The van der Waals surface area contributed by atoms with Crippen LogP contribution in [0.2, 0.25) is 0 Å². The van der Waals surface area contributed by atoms with Crippen LogP contribution in [0.1, 0.15) is 31.9 Å². The summed E-state index contributed by atoms with van der Waals surface area (Å²) in [6, 6.07) is 1.92. The van der Waals surface area contributed by atoms with Gasteiger partial charge in [-0.3, -0.25) is 5.10 Å². The lowest BCUT2D eigenvalue weighted by molar-refractivity contribution is 0.405. The fraction of sp³-hybridized carbons (Fsp3) is 0.533. The second-order valence-corrected chi connectivity index (χ2v) is 5.70. The first-order chi connectivity index (χ1) is 10.1. The predicted molar refractivity (Wildman–Crippen MR) is 85.4 cm³/mol. The molecular weight excluding hydrogens is 264 g/mol. The summed E-state index contributed by atoms with van der Waals surface area (Å²) in [5, 5.41) is 10.5. The van der Waals surface area contributed by atoms with Gasteiger partial charge in [-0.05, 0) is 39.0 Å². The van der Waals surface area contributed by atoms with E-state index in [0.717, 1.165) is 36.5 Å². The molecule has 2 aromatic rings. The van der Waals surface area contributed by atoms with Crippen molar-refractivity contribution >= 4 is 5.95 Å². The van der Waals surface area contributed by atoms with E-state index >= 15 is 0 Å². The Balaban J connectivity index is 2.05. The SMILES string of the molecule is CC(C)c1[nH]ncc1-c1ccnc(NCCCN(C)C)n1. The fourth-order valence-electron chi connectivity index (χ4n) is 2.13. The van der Waals surface area contributed by atoms with Crippen LogP contribution in [0.5, 0.6) is 0 Å². The van der Waals surface area contributed by atoms with Crippen LogP contribution in [-0.2, 0) is 0 Å². The van der Waals surface area contributed by atoms with Crippen molar-refractivity contribution in [2.75, 3.05) is 32.5 Å². The highest BCUT2D eigenvalue weighted by atomic mass is 15.1. The lowest BCUT2D eigenvalue weighted by Gasteiger charge is -2.10. The summed E-state index contributed by atoms with van der Waals surface area (Å²) in [5.74, 6) is 1.05. The molecule has 2 heterocycles. The maximum atomic E-state index is 4.58. The maximum absolute atomic E-state index is 4.58. The Labute approximate surface area is 126 Å². The molecular formula is C15H24N6. The van der Waals surface area contributed by atoms with Crippen LogP contribution in [0.3, 0.4) is 0 Å². The zero-order valence-electron chi connectivity index (χ0n) is 13.2. The van der Waals surface area contributed by atoms with Gasteiger partial charge in [0.25, 0.3) is 0 Å². The first kappa shape index (κ1) is 15.4. The van der Waals surface area contributed by atoms with Gasteiger partial charge in [-0.2, -0.15) is 5.10 Å². The standard InChI is InChI=1S/C15H24N6/c1-11(2)14-12(10-18-20-14)13-6-8-17-15(19-13)16-7-5-9-21(3)4/h6,8,10-11H,5,7,9H2,1-4H3,(H,18,20)(H,16,17,19). The summed E-state index contributed by atoms with van der Waals surface area (Å²) >= 11 is 0. The third kappa shape index (κ3) is 4.26. The zero-order valence-corrected chi connectivity index (χ0v) is 13.2. The third-order valence-corrected chi connectivity index (χ3v) is 3.24. The number of aromatic amines is 1. The predicted octanol–water partition coefficient (Wildman–Crippen LogP) is 2.35. The van der Waals surface area contributed by atoms with Crippen molar-refractivity contribution in [2.45, 2.75) is 26.2 Å². The lowest BCUT2D eigenvalue weighted by Crippen LogP contribution is -2.17. The Kier molecular flexibility index (Phi) is 5.27. The van der Waals surface area contributed by atoms with E-state index in [-0.39, 0.29) is 0 Å². The highest BCUT2D eigenvalue weighted by molar-refractivity contribution is 5.62. The summed E-state index contributed by atoms with van der Waals surface area (Å²) in [5.41, 5.74) is 3.05. The zero-order chi connectivity index (χ0) is 15.2. The summed E-state index contributed by atoms with van der Waals surface area (Å²) < 4.78 is 0. The number of aromatic nitrogens is 4. The summed E-state index contributed by atoms with van der Waals surface area (Å²) in [4.78, 5) is 11.0. The average molecular weight is 288 g/mol. The molecule has 0 aromatic carbocycles. The van der Waals surface area contributed by atoms with Gasteiger partial charge in [-0.1, -0.05) is 13.8 Å². The monoisotopic (exact) mass is 288 g/mol. The molecule has 21 heavy (non-hydrogen) atoms. The summed E-state index contributed by atoms with van der Waals surface area (Å²) in [6.45, 7) is 6.19. The molecule has 0 spiro atoms. The Bertz CT molecular complexity index is 561. The second-order valence-electron chi connectivity index (χ2n) is 5.70. The van der Waals surface area contributed by atoms with Crippen molar-refractivity contribution in [3.63, 3.8) is 0 Å². The number of rotatable bonds is 7. The molecule has 114 valence electrons. The van der Waals surface area contributed by atoms with Crippen LogP contribution in [0.15, 0.2) is 18.5 Å². The van der Waals surface area contributed by atoms with Crippen molar-refractivity contribution in [2.24, 2.45) is 0 Å². The average Bonchev–Trinajstić information content (AvgIpc) is 2.93. The van der Waals surface area contributed by atoms with Crippen molar-refractivity contribution < 1.29 is 0 Å². The van der Waals surface area contributed by atoms with Crippen LogP contribution >= 0.6 is 0 Å². The van der Waals surface area contributed by atoms with E-state index in [1.54, 1.807) is 6.20 Å². The highest BCUT2D eigenvalue weighted by Gasteiger charge is 2.12. The van der Waals surface area contributed by atoms with Gasteiger partial charge in [0.1, 0.15) is 0 Å². The van der Waals surface area contributed by atoms with E-state index in [2.05, 4.69) is 58.3 Å². The Hall–Kier alpha value is -1.95. The quantitative estimate of drug-likeness (QED) is 0.765. The van der Waals surface area contributed by atoms with Crippen LogP contribution in [0, 0.1) is 0 Å². The topological polar surface area (TPSA) is 69.7 Å². The normalized spacial score (nSPS) is 11.3. The van der Waals surface area contributed by atoms with Gasteiger partial charge in [0.05, 0.1) is 11.9 Å². The molecule has 2 aromatic heterocycles. The number of hydrogen-bond acceptors (Lipinski definition) is 5. The molecule has 6 heteroatoms. The molecule has 0 aliphatic rings. The number of H-pyrrole nitrogens is 1. The molecule has 0 atom stereocenters. The molecule has 6 nitrogen and oxygen atoms in total. The minimum Gasteiger partial charge on any atom is -0.354 e. The Morgan fingerprint density at radius 3 is 2.86 bits per heavy atom. The number of anilines is 1. The molecule has 0 aliphatic carbocycles. The van der Waals surface area contributed by atoms with Gasteiger partial charge in [0.15, 0.2) is 0 Å². The Morgan fingerprint density at radius 1 is 1.33 bits per heavy atom. The molecule has 0 radical (unpaired) electrons. The van der Waals surface area contributed by atoms with E-state index < -0.39 is 0 Å². The number of nitrogens with one attached hydrogen (secondary N) is 2. The smallest absolute Gasteiger partial charge is 0.223 e. The molecule has 2 rings (SSSR count). The largest absolute Gasteiger partial charge is 0.354 e. The number of nitrogens with zero attached hydrogens (tertiary/aromatic N) is 4. The van der Waals surface area contributed by atoms with Crippen LogP contribution in [0.4, 0.5) is 5.95 Å². The van der Waals surface area contributed by atoms with Gasteiger partial charge in [0, 0.05) is 24.0 Å². The van der Waals surface area contributed by atoms with E-state index in [0.29, 0.717) is 11.9 Å². The summed E-state index contributed by atoms with van der Waals surface area (Å²) in [6.07, 6.45) is 4.67. The molecule has 0 fully saturated rings. The van der Waals surface area contributed by atoms with Crippen LogP contribution in [-0.4, -0.2) is 52.3 Å². The minimum absolute atomic E-state index is 0.383. The maximum Gasteiger partial charge on any atom is 0.223 e. The van der Waals surface area contributed by atoms with E-state index in [1.807, 2.05) is 12.3 Å². The second kappa shape index (κ2) is 7.17. The van der Waals surface area contributed by atoms with Gasteiger partial charge >= 0.3 is 0 Å². The molecule has 2 N–H and O–H groups in total. The van der Waals surface area contributed by atoms with Crippen molar-refractivity contribution in [3.05, 3.63) is 24.2 Å². The van der Waals surface area contributed by atoms with Crippen LogP contribution in [0.25, 0.3) is 11.3 Å². The van der Waals surface area contributed by atoms with Gasteiger partial charge in [0.2, 0.25) is 5.95 Å². The fourth-order valence-corrected chi connectivity index (χ4v) is 2.13. The van der Waals surface area contributed by atoms with Crippen molar-refractivity contribution in [1.29, 1.82) is 0 Å². The molecule has 0 aliphatic heterocycles. The van der Waals surface area contributed by atoms with Crippen LogP contribution < -0.4 is 5.32 Å². The van der Waals surface area contributed by atoms with Crippen molar-refractivity contribution in [1.82, 2.24) is 25.1 Å². The number of hydrogen-bond donors (Lipinski definition) is 2. The molecule has 0 saturated heterocycles. The highest BCUT2D eigenvalue weighted by Crippen LogP contribution is 2.25. The van der Waals surface area contributed by atoms with E-state index in [4.69, 9.17) is 0 Å². The van der Waals surface area contributed by atoms with E-state index in [1.165, 1.54) is 0 Å². The minimum atomic E-state index is 0.383. The first-order valence-electron chi connectivity index (χ1n) is 7.33. The lowest BCUT2D eigenvalue weighted by atomic mass is 10.0. The van der Waals surface area contributed by atoms with Crippen molar-refractivity contribution in [3.8, 4) is 11.3 Å². The first-order valence-corrected chi connectivity index (χ1v) is 7.33. The molecule has 0 bridgehead atoms. The Morgan fingerprint density at radius 2 is 2.14 bits per heavy atom. The van der Waals surface area contributed by atoms with Gasteiger partial charge < -0.3 is 10.2 Å². The molecule has 0 unspecified atom stereocenters. The van der Waals surface area contributed by atoms with E-state index in [9.17, 15) is 0 Å².